The molecule has 0 rings (SSSR count). The van der Waals surface area contributed by atoms with Gasteiger partial charge in [0.2, 0.25) is 0 Å². The molecule has 0 heterocycles. The molecule has 0 N–H and O–H groups in total. The van der Waals surface area contributed by atoms with Crippen molar-refractivity contribution in [3.8, 4) is 0 Å². The summed E-state index contributed by atoms with van der Waals surface area (Å²) < 4.78 is 6.66. The minimum Gasteiger partial charge on any atom is -0.374 e. The molecule has 0 aliphatic rings. The fourth-order valence-corrected chi connectivity index (χ4v) is 2.77. The molecule has 1 nitrogen and oxygen atoms in total. The van der Waals surface area contributed by atoms with Crippen LogP contribution in [0.4, 0.5) is 0 Å². The number of hydrogen-bond donors (Lipinski definition) is 0. The van der Waals surface area contributed by atoms with Crippen LogP contribution >= 0.6 is 0 Å². The van der Waals surface area contributed by atoms with Gasteiger partial charge in [0, 0.05) is 0 Å². The molecule has 0 amide bonds. The Kier molecular flexibility index (Phi) is 9.78. The van der Waals surface area contributed by atoms with E-state index in [0.717, 1.165) is 0 Å². The smallest absolute Gasteiger partial charge is 0.0629 e. The van der Waals surface area contributed by atoms with Crippen molar-refractivity contribution in [1.82, 2.24) is 0 Å². The molecule has 116 valence electrons. The summed E-state index contributed by atoms with van der Waals surface area (Å²) in [6.07, 6.45) is 5.68. The van der Waals surface area contributed by atoms with Crippen LogP contribution in [0.3, 0.4) is 0 Å². The SMILES string of the molecule is CCC(C)C(OC(C(C)CC)C(C)CC)C(C)CC. The molecule has 0 saturated carbocycles. The van der Waals surface area contributed by atoms with Crippen molar-refractivity contribution in [2.45, 2.75) is 93.3 Å². The molecular weight excluding hydrogens is 232 g/mol. The minimum atomic E-state index is 0.419. The molecule has 0 fully saturated rings. The van der Waals surface area contributed by atoms with Gasteiger partial charge in [0.25, 0.3) is 0 Å². The van der Waals surface area contributed by atoms with Crippen molar-refractivity contribution in [1.29, 1.82) is 0 Å². The molecule has 0 aromatic rings. The van der Waals surface area contributed by atoms with Crippen LogP contribution in [0.2, 0.25) is 0 Å². The van der Waals surface area contributed by atoms with E-state index >= 15 is 0 Å². The van der Waals surface area contributed by atoms with Crippen molar-refractivity contribution >= 4 is 0 Å². The van der Waals surface area contributed by atoms with Crippen molar-refractivity contribution in [3.63, 3.8) is 0 Å². The predicted molar refractivity (Wildman–Crippen MR) is 86.5 cm³/mol. The Hall–Kier alpha value is -0.0400. The fourth-order valence-electron chi connectivity index (χ4n) is 2.77. The highest BCUT2D eigenvalue weighted by atomic mass is 16.5. The van der Waals surface area contributed by atoms with Gasteiger partial charge in [-0.25, -0.2) is 0 Å². The van der Waals surface area contributed by atoms with E-state index in [2.05, 4.69) is 55.4 Å². The van der Waals surface area contributed by atoms with E-state index in [1.165, 1.54) is 25.7 Å². The zero-order chi connectivity index (χ0) is 15.0. The molecule has 1 heteroatoms. The molecular formula is C18H38O. The summed E-state index contributed by atoms with van der Waals surface area (Å²) >= 11 is 0. The second-order valence-corrected chi connectivity index (χ2v) is 6.61. The summed E-state index contributed by atoms with van der Waals surface area (Å²) in [5.41, 5.74) is 0. The van der Waals surface area contributed by atoms with Gasteiger partial charge in [-0.3, -0.25) is 0 Å². The lowest BCUT2D eigenvalue weighted by Gasteiger charge is -2.37. The topological polar surface area (TPSA) is 9.23 Å². The lowest BCUT2D eigenvalue weighted by Crippen LogP contribution is -2.38. The second-order valence-electron chi connectivity index (χ2n) is 6.61. The average Bonchev–Trinajstić information content (AvgIpc) is 2.45. The first-order valence-electron chi connectivity index (χ1n) is 8.58. The van der Waals surface area contributed by atoms with Gasteiger partial charge in [-0.2, -0.15) is 0 Å². The van der Waals surface area contributed by atoms with Gasteiger partial charge in [0.1, 0.15) is 0 Å². The van der Waals surface area contributed by atoms with E-state index in [1.807, 2.05) is 0 Å². The summed E-state index contributed by atoms with van der Waals surface area (Å²) in [4.78, 5) is 0. The summed E-state index contributed by atoms with van der Waals surface area (Å²) in [6, 6.07) is 0. The first-order valence-corrected chi connectivity index (χ1v) is 8.58. The van der Waals surface area contributed by atoms with Gasteiger partial charge in [-0.15, -0.1) is 0 Å². The largest absolute Gasteiger partial charge is 0.374 e. The van der Waals surface area contributed by atoms with Crippen molar-refractivity contribution in [3.05, 3.63) is 0 Å². The van der Waals surface area contributed by atoms with Gasteiger partial charge in [-0.1, -0.05) is 81.1 Å². The third-order valence-electron chi connectivity index (χ3n) is 5.13. The van der Waals surface area contributed by atoms with Crippen LogP contribution in [0.1, 0.15) is 81.1 Å². The van der Waals surface area contributed by atoms with Gasteiger partial charge in [-0.05, 0) is 23.7 Å². The van der Waals surface area contributed by atoms with Crippen molar-refractivity contribution in [2.24, 2.45) is 23.7 Å². The molecule has 19 heavy (non-hydrogen) atoms. The third kappa shape index (κ3) is 5.85. The Morgan fingerprint density at radius 1 is 0.526 bits per heavy atom. The number of ether oxygens (including phenoxy) is 1. The molecule has 0 saturated heterocycles. The van der Waals surface area contributed by atoms with Gasteiger partial charge in [0.15, 0.2) is 0 Å². The Morgan fingerprint density at radius 2 is 0.737 bits per heavy atom. The number of rotatable bonds is 10. The molecule has 0 aromatic heterocycles. The molecule has 0 aliphatic carbocycles. The molecule has 0 aromatic carbocycles. The van der Waals surface area contributed by atoms with Crippen LogP contribution in [0.25, 0.3) is 0 Å². The van der Waals surface area contributed by atoms with Gasteiger partial charge in [0.05, 0.1) is 12.2 Å². The van der Waals surface area contributed by atoms with E-state index in [4.69, 9.17) is 4.74 Å². The Bertz CT molecular complexity index is 172. The zero-order valence-corrected chi connectivity index (χ0v) is 14.7. The quantitative estimate of drug-likeness (QED) is 0.478. The summed E-state index contributed by atoms with van der Waals surface area (Å²) in [7, 11) is 0. The zero-order valence-electron chi connectivity index (χ0n) is 14.7. The van der Waals surface area contributed by atoms with Crippen LogP contribution in [0.15, 0.2) is 0 Å². The van der Waals surface area contributed by atoms with Crippen LogP contribution in [-0.4, -0.2) is 12.2 Å². The molecule has 4 atom stereocenters. The highest BCUT2D eigenvalue weighted by molar-refractivity contribution is 4.78. The molecule has 0 radical (unpaired) electrons. The Balaban J connectivity index is 4.91. The predicted octanol–water partition coefficient (Wildman–Crippen LogP) is 5.92. The maximum Gasteiger partial charge on any atom is 0.0629 e. The second kappa shape index (κ2) is 9.80. The first kappa shape index (κ1) is 19.0. The minimum absolute atomic E-state index is 0.419. The van der Waals surface area contributed by atoms with Crippen LogP contribution in [0.5, 0.6) is 0 Å². The standard InChI is InChI=1S/C18H38O/c1-9-13(5)17(14(6)10-2)19-18(15(7)11-3)16(8)12-4/h13-18H,9-12H2,1-8H3. The lowest BCUT2D eigenvalue weighted by atomic mass is 9.86. The first-order chi connectivity index (χ1) is 8.92. The van der Waals surface area contributed by atoms with E-state index in [1.54, 1.807) is 0 Å². The van der Waals surface area contributed by atoms with E-state index in [9.17, 15) is 0 Å². The molecule has 0 aliphatic heterocycles. The molecule has 0 spiro atoms. The van der Waals surface area contributed by atoms with E-state index < -0.39 is 0 Å². The van der Waals surface area contributed by atoms with E-state index in [0.29, 0.717) is 35.9 Å². The average molecular weight is 271 g/mol. The Labute approximate surface area is 122 Å². The maximum atomic E-state index is 6.66. The fraction of sp³-hybridized carbons (Fsp3) is 1.00. The summed E-state index contributed by atoms with van der Waals surface area (Å²) in [6.45, 7) is 18.5. The van der Waals surface area contributed by atoms with Crippen LogP contribution in [0, 0.1) is 23.7 Å². The normalized spacial score (nSPS) is 21.5. The summed E-state index contributed by atoms with van der Waals surface area (Å²) in [5, 5.41) is 0. The summed E-state index contributed by atoms with van der Waals surface area (Å²) in [5.74, 6) is 2.63. The molecule has 0 bridgehead atoms. The number of hydrogen-bond acceptors (Lipinski definition) is 1. The highest BCUT2D eigenvalue weighted by Gasteiger charge is 2.30. The van der Waals surface area contributed by atoms with Crippen molar-refractivity contribution in [2.75, 3.05) is 0 Å². The highest BCUT2D eigenvalue weighted by Crippen LogP contribution is 2.30. The van der Waals surface area contributed by atoms with Gasteiger partial charge >= 0.3 is 0 Å². The maximum absolute atomic E-state index is 6.66. The van der Waals surface area contributed by atoms with Crippen LogP contribution < -0.4 is 0 Å². The molecule has 4 unspecified atom stereocenters. The Morgan fingerprint density at radius 3 is 0.895 bits per heavy atom. The monoisotopic (exact) mass is 270 g/mol. The van der Waals surface area contributed by atoms with Crippen LogP contribution in [-0.2, 0) is 4.74 Å². The van der Waals surface area contributed by atoms with Gasteiger partial charge < -0.3 is 4.74 Å². The van der Waals surface area contributed by atoms with Crippen molar-refractivity contribution < 1.29 is 4.74 Å². The third-order valence-corrected chi connectivity index (χ3v) is 5.13. The lowest BCUT2D eigenvalue weighted by molar-refractivity contribution is -0.109. The van der Waals surface area contributed by atoms with E-state index in [-0.39, 0.29) is 0 Å².